The molecule has 24 heavy (non-hydrogen) atoms. The predicted octanol–water partition coefficient (Wildman–Crippen LogP) is 1.37. The highest BCUT2D eigenvalue weighted by molar-refractivity contribution is 5.99. The number of aliphatic hydroxyl groups is 1. The number of likely N-dealkylation sites (N-methyl/N-ethyl adjacent to an activating group) is 1. The number of hydrogen-bond donors (Lipinski definition) is 3. The highest BCUT2D eigenvalue weighted by atomic mass is 16.5. The van der Waals surface area contributed by atoms with Crippen molar-refractivity contribution in [2.75, 3.05) is 7.05 Å². The SMILES string of the molecule is CC/C=C\C12c3c4ccc(O)c3O[C@H]1C(=O)C=CC2(O)C(NC)C4. The number of hydrogen-bond acceptors (Lipinski definition) is 5. The minimum Gasteiger partial charge on any atom is -0.504 e. The third-order valence-corrected chi connectivity index (χ3v) is 5.63. The molecule has 1 aromatic rings. The molecule has 0 spiro atoms. The Labute approximate surface area is 140 Å². The van der Waals surface area contributed by atoms with Crippen LogP contribution in [-0.4, -0.2) is 40.8 Å². The lowest BCUT2D eigenvalue weighted by atomic mass is 9.54. The highest BCUT2D eigenvalue weighted by Crippen LogP contribution is 2.60. The second-order valence-corrected chi connectivity index (χ2v) is 6.73. The van der Waals surface area contributed by atoms with Gasteiger partial charge in [-0.05, 0) is 43.7 Å². The summed E-state index contributed by atoms with van der Waals surface area (Å²) in [7, 11) is 1.81. The number of benzene rings is 1. The summed E-state index contributed by atoms with van der Waals surface area (Å²) in [5.74, 6) is 0.132. The van der Waals surface area contributed by atoms with E-state index in [1.807, 2.05) is 25.1 Å². The molecule has 0 fully saturated rings. The number of nitrogens with one attached hydrogen (secondary N) is 1. The van der Waals surface area contributed by atoms with E-state index < -0.39 is 17.1 Å². The molecule has 2 aliphatic carbocycles. The summed E-state index contributed by atoms with van der Waals surface area (Å²) in [5, 5.41) is 25.1. The number of allylic oxidation sites excluding steroid dienone is 1. The molecule has 4 atom stereocenters. The van der Waals surface area contributed by atoms with Gasteiger partial charge in [-0.15, -0.1) is 0 Å². The first-order valence-corrected chi connectivity index (χ1v) is 8.32. The van der Waals surface area contributed by atoms with Crippen molar-refractivity contribution >= 4 is 5.78 Å². The first-order valence-electron chi connectivity index (χ1n) is 8.32. The number of carbonyl (C=O) groups excluding carboxylic acids is 1. The van der Waals surface area contributed by atoms with Crippen LogP contribution in [0.4, 0.5) is 0 Å². The van der Waals surface area contributed by atoms with E-state index in [9.17, 15) is 15.0 Å². The van der Waals surface area contributed by atoms with Crippen LogP contribution < -0.4 is 10.1 Å². The van der Waals surface area contributed by atoms with Gasteiger partial charge in [0.1, 0.15) is 5.60 Å². The summed E-state index contributed by atoms with van der Waals surface area (Å²) in [6.45, 7) is 2.00. The van der Waals surface area contributed by atoms with E-state index in [-0.39, 0.29) is 17.6 Å². The van der Waals surface area contributed by atoms with E-state index in [1.54, 1.807) is 19.2 Å². The molecular weight excluding hydrogens is 306 g/mol. The van der Waals surface area contributed by atoms with Gasteiger partial charge in [-0.25, -0.2) is 0 Å². The zero-order valence-corrected chi connectivity index (χ0v) is 13.7. The van der Waals surface area contributed by atoms with Crippen molar-refractivity contribution in [2.45, 2.75) is 42.9 Å². The first-order chi connectivity index (χ1) is 11.5. The third-order valence-electron chi connectivity index (χ3n) is 5.63. The molecule has 0 aromatic heterocycles. The molecule has 0 amide bonds. The van der Waals surface area contributed by atoms with Gasteiger partial charge in [0.2, 0.25) is 0 Å². The zero-order chi connectivity index (χ0) is 17.1. The second-order valence-electron chi connectivity index (χ2n) is 6.73. The molecule has 0 radical (unpaired) electrons. The van der Waals surface area contributed by atoms with E-state index >= 15 is 0 Å². The normalized spacial score (nSPS) is 36.0. The van der Waals surface area contributed by atoms with Crippen LogP contribution in [0, 0.1) is 0 Å². The second kappa shape index (κ2) is 4.94. The fourth-order valence-corrected chi connectivity index (χ4v) is 4.53. The Hall–Kier alpha value is -2.11. The minimum absolute atomic E-state index is 0.00508. The molecule has 0 saturated heterocycles. The lowest BCUT2D eigenvalue weighted by Crippen LogP contribution is -2.70. The molecule has 1 heterocycles. The van der Waals surface area contributed by atoms with Gasteiger partial charge in [0.15, 0.2) is 23.4 Å². The van der Waals surface area contributed by atoms with Crippen molar-refractivity contribution in [1.29, 1.82) is 0 Å². The molecular formula is C19H21NO4. The van der Waals surface area contributed by atoms with Crippen molar-refractivity contribution in [2.24, 2.45) is 0 Å². The fourth-order valence-electron chi connectivity index (χ4n) is 4.53. The Morgan fingerprint density at radius 1 is 1.46 bits per heavy atom. The number of ketones is 1. The third kappa shape index (κ3) is 1.59. The number of carbonyl (C=O) groups is 1. The van der Waals surface area contributed by atoms with Crippen molar-refractivity contribution in [3.63, 3.8) is 0 Å². The van der Waals surface area contributed by atoms with Gasteiger partial charge >= 0.3 is 0 Å². The van der Waals surface area contributed by atoms with Crippen molar-refractivity contribution < 1.29 is 19.7 Å². The monoisotopic (exact) mass is 327 g/mol. The summed E-state index contributed by atoms with van der Waals surface area (Å²) in [6.07, 6.45) is 7.35. The van der Waals surface area contributed by atoms with Crippen LogP contribution in [0.2, 0.25) is 0 Å². The summed E-state index contributed by atoms with van der Waals surface area (Å²) in [6, 6.07) is 3.18. The molecule has 3 N–H and O–H groups in total. The Morgan fingerprint density at radius 2 is 2.25 bits per heavy atom. The Morgan fingerprint density at radius 3 is 2.96 bits per heavy atom. The van der Waals surface area contributed by atoms with E-state index in [1.165, 1.54) is 6.08 Å². The lowest BCUT2D eigenvalue weighted by molar-refractivity contribution is -0.130. The lowest BCUT2D eigenvalue weighted by Gasteiger charge is -2.52. The molecule has 1 aliphatic heterocycles. The van der Waals surface area contributed by atoms with Crippen molar-refractivity contribution in [1.82, 2.24) is 5.32 Å². The summed E-state index contributed by atoms with van der Waals surface area (Å²) in [5.41, 5.74) is -0.607. The summed E-state index contributed by atoms with van der Waals surface area (Å²) >= 11 is 0. The number of phenolic OH excluding ortho intramolecular Hbond substituents is 1. The van der Waals surface area contributed by atoms with E-state index in [0.717, 1.165) is 17.5 Å². The van der Waals surface area contributed by atoms with Crippen LogP contribution in [0.1, 0.15) is 24.5 Å². The quantitative estimate of drug-likeness (QED) is 0.731. The highest BCUT2D eigenvalue weighted by Gasteiger charge is 2.68. The van der Waals surface area contributed by atoms with Crippen LogP contribution in [0.3, 0.4) is 0 Å². The van der Waals surface area contributed by atoms with Gasteiger partial charge in [0, 0.05) is 11.6 Å². The molecule has 0 saturated carbocycles. The van der Waals surface area contributed by atoms with Gasteiger partial charge in [-0.2, -0.15) is 0 Å². The van der Waals surface area contributed by atoms with Gasteiger partial charge < -0.3 is 20.3 Å². The molecule has 3 unspecified atom stereocenters. The molecule has 126 valence electrons. The standard InChI is InChI=1S/C19H21NO4/c1-3-4-8-18-15-11-5-6-12(21)16(15)24-17(18)13(22)7-9-19(18,23)14(10-11)20-2/h4-9,14,17,20-21,23H,3,10H2,1-2H3/b8-4-/t14?,17-,18?,19?/m0/s1. The van der Waals surface area contributed by atoms with Gasteiger partial charge in [0.25, 0.3) is 0 Å². The Bertz CT molecular complexity index is 784. The Balaban J connectivity index is 2.11. The molecule has 1 aromatic carbocycles. The van der Waals surface area contributed by atoms with E-state index in [2.05, 4.69) is 5.32 Å². The van der Waals surface area contributed by atoms with Crippen molar-refractivity contribution in [3.8, 4) is 11.5 Å². The Kier molecular flexibility index (Phi) is 3.18. The predicted molar refractivity (Wildman–Crippen MR) is 89.3 cm³/mol. The molecule has 0 bridgehead atoms. The van der Waals surface area contributed by atoms with Crippen LogP contribution in [0.15, 0.2) is 36.4 Å². The van der Waals surface area contributed by atoms with Crippen LogP contribution in [-0.2, 0) is 16.6 Å². The maximum atomic E-state index is 12.6. The molecule has 5 nitrogen and oxygen atoms in total. The number of ether oxygens (including phenoxy) is 1. The van der Waals surface area contributed by atoms with E-state index in [4.69, 9.17) is 4.74 Å². The average Bonchev–Trinajstić information content (AvgIpc) is 2.95. The molecule has 4 rings (SSSR count). The summed E-state index contributed by atoms with van der Waals surface area (Å²) < 4.78 is 5.91. The van der Waals surface area contributed by atoms with Crippen LogP contribution in [0.5, 0.6) is 11.5 Å². The minimum atomic E-state index is -1.31. The number of rotatable bonds is 3. The van der Waals surface area contributed by atoms with Crippen molar-refractivity contribution in [3.05, 3.63) is 47.6 Å². The summed E-state index contributed by atoms with van der Waals surface area (Å²) in [4.78, 5) is 12.6. The average molecular weight is 327 g/mol. The molecule has 5 heteroatoms. The topological polar surface area (TPSA) is 78.8 Å². The number of aromatic hydroxyl groups is 1. The fraction of sp³-hybridized carbons (Fsp3) is 0.421. The first kappa shape index (κ1) is 15.4. The van der Waals surface area contributed by atoms with Gasteiger partial charge in [-0.3, -0.25) is 4.79 Å². The van der Waals surface area contributed by atoms with Crippen LogP contribution >= 0.6 is 0 Å². The van der Waals surface area contributed by atoms with Crippen LogP contribution in [0.25, 0.3) is 0 Å². The molecule has 3 aliphatic rings. The van der Waals surface area contributed by atoms with Gasteiger partial charge in [0.05, 0.1) is 5.41 Å². The largest absolute Gasteiger partial charge is 0.504 e. The smallest absolute Gasteiger partial charge is 0.197 e. The van der Waals surface area contributed by atoms with Gasteiger partial charge in [-0.1, -0.05) is 25.1 Å². The maximum Gasteiger partial charge on any atom is 0.197 e. The van der Waals surface area contributed by atoms with E-state index in [0.29, 0.717) is 12.2 Å². The maximum absolute atomic E-state index is 12.6. The number of phenols is 1. The zero-order valence-electron chi connectivity index (χ0n) is 13.7.